The highest BCUT2D eigenvalue weighted by molar-refractivity contribution is 5.30. The van der Waals surface area contributed by atoms with Crippen molar-refractivity contribution in [3.63, 3.8) is 0 Å². The van der Waals surface area contributed by atoms with E-state index < -0.39 is 0 Å². The standard InChI is InChI=1S/C16H21N3O2/c1-13-7-17-9-16(21-13)12-20-11-14-8-18-19(10-14)15-5-3-2-4-6-15/h2-6,8,10,13,16-17H,7,9,11-12H2,1H3. The fourth-order valence-electron chi connectivity index (χ4n) is 2.44. The highest BCUT2D eigenvalue weighted by Crippen LogP contribution is 2.09. The number of aromatic nitrogens is 2. The Morgan fingerprint density at radius 3 is 3.00 bits per heavy atom. The molecule has 1 N–H and O–H groups in total. The van der Waals surface area contributed by atoms with E-state index in [9.17, 15) is 0 Å². The molecule has 1 aromatic carbocycles. The van der Waals surface area contributed by atoms with Crippen LogP contribution in [0, 0.1) is 0 Å². The zero-order valence-electron chi connectivity index (χ0n) is 12.2. The molecule has 112 valence electrons. The van der Waals surface area contributed by atoms with Gasteiger partial charge in [0.05, 0.1) is 37.3 Å². The third-order valence-electron chi connectivity index (χ3n) is 3.46. The summed E-state index contributed by atoms with van der Waals surface area (Å²) >= 11 is 0. The van der Waals surface area contributed by atoms with Crippen LogP contribution >= 0.6 is 0 Å². The van der Waals surface area contributed by atoms with Gasteiger partial charge in [-0.05, 0) is 19.1 Å². The molecule has 0 bridgehead atoms. The molecule has 2 atom stereocenters. The minimum Gasteiger partial charge on any atom is -0.374 e. The molecule has 3 rings (SSSR count). The number of para-hydroxylation sites is 1. The monoisotopic (exact) mass is 287 g/mol. The summed E-state index contributed by atoms with van der Waals surface area (Å²) in [4.78, 5) is 0. The van der Waals surface area contributed by atoms with Crippen LogP contribution in [-0.4, -0.2) is 41.7 Å². The predicted octanol–water partition coefficient (Wildman–Crippen LogP) is 1.77. The average Bonchev–Trinajstić information content (AvgIpc) is 2.97. The first kappa shape index (κ1) is 14.3. The summed E-state index contributed by atoms with van der Waals surface area (Å²) < 4.78 is 13.4. The van der Waals surface area contributed by atoms with E-state index in [2.05, 4.69) is 17.3 Å². The van der Waals surface area contributed by atoms with Crippen molar-refractivity contribution in [1.29, 1.82) is 0 Å². The van der Waals surface area contributed by atoms with E-state index in [0.717, 1.165) is 24.3 Å². The molecule has 0 saturated carbocycles. The lowest BCUT2D eigenvalue weighted by Gasteiger charge is -2.28. The molecular weight excluding hydrogens is 266 g/mol. The molecule has 5 nitrogen and oxygen atoms in total. The van der Waals surface area contributed by atoms with E-state index >= 15 is 0 Å². The summed E-state index contributed by atoms with van der Waals surface area (Å²) in [5.41, 5.74) is 2.12. The summed E-state index contributed by atoms with van der Waals surface area (Å²) in [6, 6.07) is 10.1. The Hall–Kier alpha value is -1.69. The first-order chi connectivity index (χ1) is 10.3. The SMILES string of the molecule is CC1CNCC(COCc2cnn(-c3ccccc3)c2)O1. The highest BCUT2D eigenvalue weighted by atomic mass is 16.5. The molecule has 0 aliphatic carbocycles. The highest BCUT2D eigenvalue weighted by Gasteiger charge is 2.18. The van der Waals surface area contributed by atoms with Gasteiger partial charge in [0.15, 0.2) is 0 Å². The second-order valence-corrected chi connectivity index (χ2v) is 5.37. The summed E-state index contributed by atoms with van der Waals surface area (Å²) in [5, 5.41) is 7.69. The number of benzene rings is 1. The molecule has 2 heterocycles. The molecule has 2 aromatic rings. The van der Waals surface area contributed by atoms with E-state index in [-0.39, 0.29) is 12.2 Å². The Bertz CT molecular complexity index is 556. The van der Waals surface area contributed by atoms with E-state index in [0.29, 0.717) is 13.2 Å². The van der Waals surface area contributed by atoms with Crippen molar-refractivity contribution < 1.29 is 9.47 Å². The van der Waals surface area contributed by atoms with Crippen LogP contribution in [0.3, 0.4) is 0 Å². The number of hydrogen-bond donors (Lipinski definition) is 1. The molecule has 21 heavy (non-hydrogen) atoms. The van der Waals surface area contributed by atoms with Crippen molar-refractivity contribution in [3.05, 3.63) is 48.3 Å². The molecule has 2 unspecified atom stereocenters. The molecule has 0 amide bonds. The van der Waals surface area contributed by atoms with Crippen molar-refractivity contribution in [3.8, 4) is 5.69 Å². The van der Waals surface area contributed by atoms with E-state index in [1.54, 1.807) is 0 Å². The van der Waals surface area contributed by atoms with Gasteiger partial charge < -0.3 is 14.8 Å². The number of nitrogens with one attached hydrogen (secondary N) is 1. The minimum atomic E-state index is 0.137. The van der Waals surface area contributed by atoms with Gasteiger partial charge in [-0.15, -0.1) is 0 Å². The second-order valence-electron chi connectivity index (χ2n) is 5.37. The van der Waals surface area contributed by atoms with Gasteiger partial charge in [-0.25, -0.2) is 4.68 Å². The third kappa shape index (κ3) is 3.91. The van der Waals surface area contributed by atoms with Crippen LogP contribution in [0.25, 0.3) is 5.69 Å². The number of morpholine rings is 1. The maximum atomic E-state index is 5.79. The summed E-state index contributed by atoms with van der Waals surface area (Å²) in [6.07, 6.45) is 4.24. The van der Waals surface area contributed by atoms with Crippen molar-refractivity contribution in [2.24, 2.45) is 0 Å². The van der Waals surface area contributed by atoms with E-state index in [1.165, 1.54) is 0 Å². The maximum absolute atomic E-state index is 5.79. The van der Waals surface area contributed by atoms with Gasteiger partial charge in [0.1, 0.15) is 0 Å². The van der Waals surface area contributed by atoms with Gasteiger partial charge in [-0.1, -0.05) is 18.2 Å². The lowest BCUT2D eigenvalue weighted by molar-refractivity contribution is -0.0716. The van der Waals surface area contributed by atoms with Crippen LogP contribution in [0.5, 0.6) is 0 Å². The Balaban J connectivity index is 1.49. The maximum Gasteiger partial charge on any atom is 0.0936 e. The molecule has 1 aliphatic heterocycles. The second kappa shape index (κ2) is 6.85. The van der Waals surface area contributed by atoms with Crippen LogP contribution in [-0.2, 0) is 16.1 Å². The first-order valence-electron chi connectivity index (χ1n) is 7.34. The van der Waals surface area contributed by atoms with Gasteiger partial charge >= 0.3 is 0 Å². The van der Waals surface area contributed by atoms with Crippen LogP contribution in [0.2, 0.25) is 0 Å². The molecule has 1 aliphatic rings. The normalized spacial score (nSPS) is 22.3. The first-order valence-corrected chi connectivity index (χ1v) is 7.34. The average molecular weight is 287 g/mol. The topological polar surface area (TPSA) is 48.3 Å². The largest absolute Gasteiger partial charge is 0.374 e. The predicted molar refractivity (Wildman–Crippen MR) is 80.4 cm³/mol. The lowest BCUT2D eigenvalue weighted by Crippen LogP contribution is -2.45. The number of ether oxygens (including phenoxy) is 2. The molecule has 0 spiro atoms. The van der Waals surface area contributed by atoms with Gasteiger partial charge in [0, 0.05) is 24.8 Å². The number of nitrogens with zero attached hydrogens (tertiary/aromatic N) is 2. The number of rotatable bonds is 5. The molecule has 0 radical (unpaired) electrons. The molecule has 5 heteroatoms. The molecule has 1 saturated heterocycles. The van der Waals surface area contributed by atoms with Crippen molar-refractivity contribution in [2.75, 3.05) is 19.7 Å². The zero-order chi connectivity index (χ0) is 14.5. The van der Waals surface area contributed by atoms with Crippen LogP contribution < -0.4 is 5.32 Å². The molecule has 1 fully saturated rings. The van der Waals surface area contributed by atoms with Crippen LogP contribution in [0.1, 0.15) is 12.5 Å². The smallest absolute Gasteiger partial charge is 0.0936 e. The quantitative estimate of drug-likeness (QED) is 0.910. The van der Waals surface area contributed by atoms with Gasteiger partial charge in [-0.2, -0.15) is 5.10 Å². The Morgan fingerprint density at radius 2 is 2.19 bits per heavy atom. The van der Waals surface area contributed by atoms with Crippen molar-refractivity contribution in [1.82, 2.24) is 15.1 Å². The van der Waals surface area contributed by atoms with Crippen molar-refractivity contribution in [2.45, 2.75) is 25.7 Å². The lowest BCUT2D eigenvalue weighted by atomic mass is 10.2. The fraction of sp³-hybridized carbons (Fsp3) is 0.438. The number of hydrogen-bond acceptors (Lipinski definition) is 4. The van der Waals surface area contributed by atoms with Gasteiger partial charge in [-0.3, -0.25) is 0 Å². The summed E-state index contributed by atoms with van der Waals surface area (Å²) in [5.74, 6) is 0. The fourth-order valence-corrected chi connectivity index (χ4v) is 2.44. The minimum absolute atomic E-state index is 0.137. The molecule has 1 aromatic heterocycles. The summed E-state index contributed by atoms with van der Waals surface area (Å²) in [7, 11) is 0. The van der Waals surface area contributed by atoms with E-state index in [1.807, 2.05) is 47.4 Å². The van der Waals surface area contributed by atoms with E-state index in [4.69, 9.17) is 9.47 Å². The third-order valence-corrected chi connectivity index (χ3v) is 3.46. The molecular formula is C16H21N3O2. The van der Waals surface area contributed by atoms with Crippen molar-refractivity contribution >= 4 is 0 Å². The van der Waals surface area contributed by atoms with Gasteiger partial charge in [0.25, 0.3) is 0 Å². The summed E-state index contributed by atoms with van der Waals surface area (Å²) in [6.45, 7) is 5.01. The van der Waals surface area contributed by atoms with Gasteiger partial charge in [0.2, 0.25) is 0 Å². The Labute approximate surface area is 124 Å². The van der Waals surface area contributed by atoms with Crippen LogP contribution in [0.15, 0.2) is 42.7 Å². The van der Waals surface area contributed by atoms with Crippen LogP contribution in [0.4, 0.5) is 0 Å². The Morgan fingerprint density at radius 1 is 1.33 bits per heavy atom. The Kier molecular flexibility index (Phi) is 4.65. The zero-order valence-corrected chi connectivity index (χ0v) is 12.2.